The molecule has 0 aromatic heterocycles. The van der Waals surface area contributed by atoms with E-state index in [0.29, 0.717) is 5.78 Å². The van der Waals surface area contributed by atoms with Crippen LogP contribution in [0.2, 0.25) is 0 Å². The minimum absolute atomic E-state index is 0.297. The Morgan fingerprint density at radius 1 is 1.13 bits per heavy atom. The maximum absolute atomic E-state index is 10.7. The lowest BCUT2D eigenvalue weighted by atomic mass is 10.1. The average Bonchev–Trinajstić information content (AvgIpc) is 2.24. The number of benzene rings is 1. The molecule has 0 radical (unpaired) electrons. The van der Waals surface area contributed by atoms with Crippen molar-refractivity contribution in [2.75, 3.05) is 11.9 Å². The van der Waals surface area contributed by atoms with E-state index < -0.39 is 0 Å². The van der Waals surface area contributed by atoms with Crippen molar-refractivity contribution in [2.24, 2.45) is 0 Å². The highest BCUT2D eigenvalue weighted by molar-refractivity contribution is 5.75. The number of carbonyl (C=O) groups excluding carboxylic acids is 1. The van der Waals surface area contributed by atoms with Gasteiger partial charge in [-0.2, -0.15) is 0 Å². The van der Waals surface area contributed by atoms with Crippen LogP contribution in [0.25, 0.3) is 0 Å². The van der Waals surface area contributed by atoms with E-state index in [9.17, 15) is 4.79 Å². The summed E-state index contributed by atoms with van der Waals surface area (Å²) in [6.45, 7) is 2.64. The number of anilines is 1. The summed E-state index contributed by atoms with van der Waals surface area (Å²) < 4.78 is 0. The van der Waals surface area contributed by atoms with Crippen molar-refractivity contribution in [3.63, 3.8) is 0 Å². The molecule has 0 unspecified atom stereocenters. The predicted molar refractivity (Wildman–Crippen MR) is 64.1 cm³/mol. The van der Waals surface area contributed by atoms with Crippen molar-refractivity contribution in [3.8, 4) is 0 Å². The van der Waals surface area contributed by atoms with Crippen molar-refractivity contribution < 1.29 is 4.79 Å². The molecule has 0 aliphatic carbocycles. The minimum Gasteiger partial charge on any atom is -0.385 e. The standard InChI is InChI=1S/C13H19NO/c1-12(15)8-4-3-7-11-14-13-9-5-2-6-10-13/h2,5-6,9-10,14H,3-4,7-8,11H2,1H3. The molecule has 0 heterocycles. The number of hydrogen-bond acceptors (Lipinski definition) is 2. The van der Waals surface area contributed by atoms with Gasteiger partial charge in [0.05, 0.1) is 0 Å². The highest BCUT2D eigenvalue weighted by Gasteiger charge is 1.94. The summed E-state index contributed by atoms with van der Waals surface area (Å²) in [6, 6.07) is 10.2. The zero-order chi connectivity index (χ0) is 10.9. The highest BCUT2D eigenvalue weighted by atomic mass is 16.1. The Morgan fingerprint density at radius 2 is 1.87 bits per heavy atom. The Labute approximate surface area is 91.7 Å². The van der Waals surface area contributed by atoms with E-state index in [1.807, 2.05) is 18.2 Å². The molecule has 1 rings (SSSR count). The Hall–Kier alpha value is -1.31. The Morgan fingerprint density at radius 3 is 2.53 bits per heavy atom. The minimum atomic E-state index is 0.297. The molecule has 82 valence electrons. The van der Waals surface area contributed by atoms with Crippen LogP contribution in [-0.2, 0) is 4.79 Å². The van der Waals surface area contributed by atoms with E-state index in [-0.39, 0.29) is 0 Å². The van der Waals surface area contributed by atoms with Gasteiger partial charge >= 0.3 is 0 Å². The second-order valence-corrected chi connectivity index (χ2v) is 3.81. The third kappa shape index (κ3) is 5.89. The van der Waals surface area contributed by atoms with Crippen LogP contribution in [0.1, 0.15) is 32.6 Å². The lowest BCUT2D eigenvalue weighted by Gasteiger charge is -2.05. The van der Waals surface area contributed by atoms with Gasteiger partial charge in [0.2, 0.25) is 0 Å². The topological polar surface area (TPSA) is 29.1 Å². The van der Waals surface area contributed by atoms with E-state index in [4.69, 9.17) is 0 Å². The summed E-state index contributed by atoms with van der Waals surface area (Å²) in [7, 11) is 0. The van der Waals surface area contributed by atoms with Gasteiger partial charge in [0.15, 0.2) is 0 Å². The molecule has 0 saturated carbocycles. The first-order valence-corrected chi connectivity index (χ1v) is 5.57. The van der Waals surface area contributed by atoms with Crippen molar-refractivity contribution in [1.29, 1.82) is 0 Å². The van der Waals surface area contributed by atoms with Crippen LogP contribution in [-0.4, -0.2) is 12.3 Å². The first kappa shape index (κ1) is 11.8. The number of nitrogens with one attached hydrogen (secondary N) is 1. The maximum atomic E-state index is 10.7. The Bertz CT molecular complexity index is 282. The van der Waals surface area contributed by atoms with Crippen LogP contribution in [0.3, 0.4) is 0 Å². The van der Waals surface area contributed by atoms with Gasteiger partial charge in [-0.1, -0.05) is 24.6 Å². The van der Waals surface area contributed by atoms with Crippen molar-refractivity contribution >= 4 is 11.5 Å². The second-order valence-electron chi connectivity index (χ2n) is 3.81. The smallest absolute Gasteiger partial charge is 0.129 e. The molecule has 0 atom stereocenters. The summed E-state index contributed by atoms with van der Waals surface area (Å²) in [5.74, 6) is 0.297. The summed E-state index contributed by atoms with van der Waals surface area (Å²) in [6.07, 6.45) is 4.00. The van der Waals surface area contributed by atoms with Gasteiger partial charge in [0.1, 0.15) is 5.78 Å². The van der Waals surface area contributed by atoms with E-state index in [2.05, 4.69) is 17.4 Å². The molecule has 15 heavy (non-hydrogen) atoms. The third-order valence-electron chi connectivity index (χ3n) is 2.31. The summed E-state index contributed by atoms with van der Waals surface area (Å²) in [5, 5.41) is 3.35. The molecule has 0 aliphatic rings. The SMILES string of the molecule is CC(=O)CCCCCNc1ccccc1. The number of Topliss-reactive ketones (excluding diaryl/α,β-unsaturated/α-hetero) is 1. The van der Waals surface area contributed by atoms with E-state index >= 15 is 0 Å². The summed E-state index contributed by atoms with van der Waals surface area (Å²) in [5.41, 5.74) is 1.17. The van der Waals surface area contributed by atoms with Gasteiger partial charge in [-0.3, -0.25) is 0 Å². The van der Waals surface area contributed by atoms with E-state index in [0.717, 1.165) is 32.2 Å². The molecule has 0 fully saturated rings. The zero-order valence-electron chi connectivity index (χ0n) is 9.33. The Balaban J connectivity index is 2.00. The van der Waals surface area contributed by atoms with Gasteiger partial charge < -0.3 is 10.1 Å². The molecule has 1 aromatic carbocycles. The van der Waals surface area contributed by atoms with Crippen LogP contribution < -0.4 is 5.32 Å². The van der Waals surface area contributed by atoms with Gasteiger partial charge in [-0.15, -0.1) is 0 Å². The largest absolute Gasteiger partial charge is 0.385 e. The fraction of sp³-hybridized carbons (Fsp3) is 0.462. The molecule has 2 heteroatoms. The first-order valence-electron chi connectivity index (χ1n) is 5.57. The first-order chi connectivity index (χ1) is 7.29. The third-order valence-corrected chi connectivity index (χ3v) is 2.31. The van der Waals surface area contributed by atoms with Crippen LogP contribution >= 0.6 is 0 Å². The zero-order valence-corrected chi connectivity index (χ0v) is 9.33. The van der Waals surface area contributed by atoms with Gasteiger partial charge in [-0.05, 0) is 31.9 Å². The van der Waals surface area contributed by atoms with Crippen molar-refractivity contribution in [3.05, 3.63) is 30.3 Å². The number of para-hydroxylation sites is 1. The molecule has 2 nitrogen and oxygen atoms in total. The number of ketones is 1. The van der Waals surface area contributed by atoms with Crippen LogP contribution in [0.5, 0.6) is 0 Å². The second kappa shape index (κ2) is 7.04. The summed E-state index contributed by atoms with van der Waals surface area (Å²) in [4.78, 5) is 10.7. The van der Waals surface area contributed by atoms with E-state index in [1.165, 1.54) is 5.69 Å². The van der Waals surface area contributed by atoms with Crippen LogP contribution in [0.4, 0.5) is 5.69 Å². The molecule has 0 bridgehead atoms. The monoisotopic (exact) mass is 205 g/mol. The highest BCUT2D eigenvalue weighted by Crippen LogP contribution is 2.06. The molecule has 0 amide bonds. The molecule has 1 N–H and O–H groups in total. The number of rotatable bonds is 7. The fourth-order valence-corrected chi connectivity index (χ4v) is 1.46. The quantitative estimate of drug-likeness (QED) is 0.692. The molecular formula is C13H19NO. The lowest BCUT2D eigenvalue weighted by Crippen LogP contribution is -2.01. The van der Waals surface area contributed by atoms with Crippen molar-refractivity contribution in [1.82, 2.24) is 0 Å². The molecule has 0 saturated heterocycles. The molecule has 1 aromatic rings. The van der Waals surface area contributed by atoms with Gasteiger partial charge in [0.25, 0.3) is 0 Å². The van der Waals surface area contributed by atoms with E-state index in [1.54, 1.807) is 6.92 Å². The molecule has 0 aliphatic heterocycles. The number of hydrogen-bond donors (Lipinski definition) is 1. The maximum Gasteiger partial charge on any atom is 0.129 e. The predicted octanol–water partition coefficient (Wildman–Crippen LogP) is 3.25. The fourth-order valence-electron chi connectivity index (χ4n) is 1.46. The number of carbonyl (C=O) groups is 1. The molecular weight excluding hydrogens is 186 g/mol. The van der Waals surface area contributed by atoms with Gasteiger partial charge in [-0.25, -0.2) is 0 Å². The Kier molecular flexibility index (Phi) is 5.52. The van der Waals surface area contributed by atoms with Crippen LogP contribution in [0, 0.1) is 0 Å². The normalized spacial score (nSPS) is 9.93. The number of unbranched alkanes of at least 4 members (excludes halogenated alkanes) is 2. The van der Waals surface area contributed by atoms with Crippen LogP contribution in [0.15, 0.2) is 30.3 Å². The van der Waals surface area contributed by atoms with Crippen molar-refractivity contribution in [2.45, 2.75) is 32.6 Å². The summed E-state index contributed by atoms with van der Waals surface area (Å²) >= 11 is 0. The molecule has 0 spiro atoms. The van der Waals surface area contributed by atoms with Gasteiger partial charge in [0, 0.05) is 18.7 Å². The average molecular weight is 205 g/mol. The lowest BCUT2D eigenvalue weighted by molar-refractivity contribution is -0.117.